The van der Waals surface area contributed by atoms with Gasteiger partial charge in [0.2, 0.25) is 0 Å². The normalized spacial score (nSPS) is 14.6. The van der Waals surface area contributed by atoms with Gasteiger partial charge in [0.05, 0.1) is 11.2 Å². The molecule has 3 N–H and O–H groups in total. The molecule has 0 aliphatic carbocycles. The van der Waals surface area contributed by atoms with Gasteiger partial charge in [0.25, 0.3) is 5.91 Å². The Morgan fingerprint density at radius 2 is 1.92 bits per heavy atom. The summed E-state index contributed by atoms with van der Waals surface area (Å²) in [5.74, 6) is -0.0640. The molecule has 6 nitrogen and oxygen atoms in total. The van der Waals surface area contributed by atoms with Crippen molar-refractivity contribution in [2.75, 3.05) is 37.6 Å². The second-order valence-corrected chi connectivity index (χ2v) is 6.48. The van der Waals surface area contributed by atoms with Gasteiger partial charge >= 0.3 is 0 Å². The minimum absolute atomic E-state index is 0.0640. The van der Waals surface area contributed by atoms with Crippen molar-refractivity contribution < 1.29 is 4.79 Å². The summed E-state index contributed by atoms with van der Waals surface area (Å²) in [5.41, 5.74) is 4.74. The molecule has 0 atom stereocenters. The monoisotopic (exact) mass is 349 g/mol. The van der Waals surface area contributed by atoms with E-state index < -0.39 is 0 Å². The summed E-state index contributed by atoms with van der Waals surface area (Å²) in [6, 6.07) is 14.2. The van der Waals surface area contributed by atoms with E-state index in [2.05, 4.69) is 50.0 Å². The largest absolute Gasteiger partial charge is 0.369 e. The molecule has 1 aromatic heterocycles. The van der Waals surface area contributed by atoms with Crippen molar-refractivity contribution in [1.29, 1.82) is 0 Å². The quantitative estimate of drug-likeness (QED) is 0.676. The Bertz CT molecular complexity index is 910. The molecule has 2 heterocycles. The molecule has 0 radical (unpaired) electrons. The summed E-state index contributed by atoms with van der Waals surface area (Å²) >= 11 is 0. The van der Waals surface area contributed by atoms with Crippen molar-refractivity contribution in [1.82, 2.24) is 20.8 Å². The number of piperazine rings is 1. The second kappa shape index (κ2) is 7.17. The zero-order valence-electron chi connectivity index (χ0n) is 14.9. The highest BCUT2D eigenvalue weighted by atomic mass is 16.1. The molecule has 26 heavy (non-hydrogen) atoms. The average molecular weight is 349 g/mol. The number of hydrogen-bond acceptors (Lipinski definition) is 4. The summed E-state index contributed by atoms with van der Waals surface area (Å²) in [7, 11) is 0. The number of nitrogens with zero attached hydrogens (tertiary/aromatic N) is 2. The highest BCUT2D eigenvalue weighted by Gasteiger charge is 2.13. The fourth-order valence-corrected chi connectivity index (χ4v) is 3.40. The van der Waals surface area contributed by atoms with Crippen LogP contribution in [0.5, 0.6) is 0 Å². The lowest BCUT2D eigenvalue weighted by atomic mass is 10.1. The van der Waals surface area contributed by atoms with Crippen LogP contribution >= 0.6 is 0 Å². The number of anilines is 1. The maximum absolute atomic E-state index is 12.0. The van der Waals surface area contributed by atoms with E-state index in [-0.39, 0.29) is 5.91 Å². The Morgan fingerprint density at radius 3 is 2.65 bits per heavy atom. The minimum atomic E-state index is -0.0640. The van der Waals surface area contributed by atoms with Crippen LogP contribution in [0.4, 0.5) is 5.69 Å². The zero-order chi connectivity index (χ0) is 17.9. The fraction of sp³-hybridized carbons (Fsp3) is 0.300. The first-order valence-electron chi connectivity index (χ1n) is 9.08. The lowest BCUT2D eigenvalue weighted by Gasteiger charge is -2.29. The topological polar surface area (TPSA) is 73.1 Å². The van der Waals surface area contributed by atoms with Crippen molar-refractivity contribution in [3.05, 3.63) is 48.0 Å². The van der Waals surface area contributed by atoms with E-state index in [1.165, 1.54) is 5.69 Å². The zero-order valence-corrected chi connectivity index (χ0v) is 14.9. The number of carbonyl (C=O) groups is 1. The average Bonchev–Trinajstić information content (AvgIpc) is 3.12. The van der Waals surface area contributed by atoms with Gasteiger partial charge in [-0.2, -0.15) is 5.10 Å². The molecule has 1 aliphatic heterocycles. The lowest BCUT2D eigenvalue weighted by molar-refractivity contribution is 0.0956. The number of H-pyrrole nitrogens is 1. The molecule has 6 heteroatoms. The Labute approximate surface area is 152 Å². The van der Waals surface area contributed by atoms with E-state index >= 15 is 0 Å². The first-order valence-corrected chi connectivity index (χ1v) is 9.08. The molecule has 1 amide bonds. The van der Waals surface area contributed by atoms with Gasteiger partial charge in [-0.15, -0.1) is 0 Å². The minimum Gasteiger partial charge on any atom is -0.369 e. The van der Waals surface area contributed by atoms with Crippen molar-refractivity contribution in [2.45, 2.75) is 6.92 Å². The molecule has 1 aliphatic rings. The molecule has 3 aromatic rings. The maximum Gasteiger partial charge on any atom is 0.251 e. The predicted octanol–water partition coefficient (Wildman–Crippen LogP) is 2.39. The smallest absolute Gasteiger partial charge is 0.251 e. The van der Waals surface area contributed by atoms with Crippen LogP contribution in [0.25, 0.3) is 22.2 Å². The van der Waals surface area contributed by atoms with Crippen LogP contribution in [0.3, 0.4) is 0 Å². The molecule has 1 fully saturated rings. The maximum atomic E-state index is 12.0. The first kappa shape index (κ1) is 16.6. The summed E-state index contributed by atoms with van der Waals surface area (Å²) in [6.07, 6.45) is 0. The van der Waals surface area contributed by atoms with Crippen LogP contribution in [-0.4, -0.2) is 48.8 Å². The summed E-state index contributed by atoms with van der Waals surface area (Å²) in [6.45, 7) is 6.65. The van der Waals surface area contributed by atoms with Crippen LogP contribution < -0.4 is 15.5 Å². The fourth-order valence-electron chi connectivity index (χ4n) is 3.40. The van der Waals surface area contributed by atoms with Gasteiger partial charge in [0.1, 0.15) is 0 Å². The second-order valence-electron chi connectivity index (χ2n) is 6.48. The van der Waals surface area contributed by atoms with E-state index in [4.69, 9.17) is 0 Å². The summed E-state index contributed by atoms with van der Waals surface area (Å²) < 4.78 is 0. The van der Waals surface area contributed by atoms with E-state index in [1.54, 1.807) is 0 Å². The first-order chi connectivity index (χ1) is 12.8. The summed E-state index contributed by atoms with van der Waals surface area (Å²) in [5, 5.41) is 14.7. The highest BCUT2D eigenvalue weighted by Crippen LogP contribution is 2.28. The molecule has 4 rings (SSSR count). The van der Waals surface area contributed by atoms with Gasteiger partial charge in [0, 0.05) is 54.9 Å². The number of carbonyl (C=O) groups excluding carboxylic acids is 1. The number of fused-ring (bicyclic) bond motifs is 1. The standard InChI is InChI=1S/C20H23N5O/c1-2-22-20(26)15-5-8-17-18(13-15)23-24-19(17)14-3-6-16(7-4-14)25-11-9-21-10-12-25/h3-8,13,21H,2,9-12H2,1H3,(H,22,26)(H,23,24). The van der Waals surface area contributed by atoms with Gasteiger partial charge in [-0.1, -0.05) is 12.1 Å². The number of rotatable bonds is 4. The van der Waals surface area contributed by atoms with Crippen LogP contribution in [0.15, 0.2) is 42.5 Å². The summed E-state index contributed by atoms with van der Waals surface area (Å²) in [4.78, 5) is 14.4. The SMILES string of the molecule is CCNC(=O)c1ccc2c(-c3ccc(N4CCNCC4)cc3)n[nH]c2c1. The Morgan fingerprint density at radius 1 is 1.15 bits per heavy atom. The number of amides is 1. The third-order valence-corrected chi connectivity index (χ3v) is 4.79. The molecular formula is C20H23N5O. The number of hydrogen-bond donors (Lipinski definition) is 3. The van der Waals surface area contributed by atoms with E-state index in [0.29, 0.717) is 12.1 Å². The van der Waals surface area contributed by atoms with Gasteiger partial charge in [0.15, 0.2) is 0 Å². The number of nitrogens with one attached hydrogen (secondary N) is 3. The number of benzene rings is 2. The van der Waals surface area contributed by atoms with E-state index in [9.17, 15) is 4.79 Å². The molecule has 0 spiro atoms. The molecule has 0 saturated carbocycles. The van der Waals surface area contributed by atoms with Crippen LogP contribution in [0.1, 0.15) is 17.3 Å². The van der Waals surface area contributed by atoms with E-state index in [1.807, 2.05) is 25.1 Å². The predicted molar refractivity (Wildman–Crippen MR) is 105 cm³/mol. The van der Waals surface area contributed by atoms with Crippen LogP contribution in [-0.2, 0) is 0 Å². The third kappa shape index (κ3) is 3.15. The molecule has 2 aromatic carbocycles. The molecule has 1 saturated heterocycles. The van der Waals surface area contributed by atoms with Crippen molar-refractivity contribution in [3.63, 3.8) is 0 Å². The Balaban J connectivity index is 1.61. The highest BCUT2D eigenvalue weighted by molar-refractivity contribution is 6.00. The van der Waals surface area contributed by atoms with Crippen molar-refractivity contribution in [2.24, 2.45) is 0 Å². The Kier molecular flexibility index (Phi) is 4.58. The van der Waals surface area contributed by atoms with Gasteiger partial charge < -0.3 is 15.5 Å². The van der Waals surface area contributed by atoms with Crippen molar-refractivity contribution in [3.8, 4) is 11.3 Å². The molecule has 0 bridgehead atoms. The Hall–Kier alpha value is -2.86. The van der Waals surface area contributed by atoms with Gasteiger partial charge in [-0.3, -0.25) is 9.89 Å². The molecule has 134 valence electrons. The van der Waals surface area contributed by atoms with Gasteiger partial charge in [-0.25, -0.2) is 0 Å². The van der Waals surface area contributed by atoms with Crippen LogP contribution in [0.2, 0.25) is 0 Å². The number of aromatic nitrogens is 2. The molecule has 0 unspecified atom stereocenters. The third-order valence-electron chi connectivity index (χ3n) is 4.79. The number of aromatic amines is 1. The van der Waals surface area contributed by atoms with Crippen LogP contribution in [0, 0.1) is 0 Å². The molecular weight excluding hydrogens is 326 g/mol. The van der Waals surface area contributed by atoms with Crippen molar-refractivity contribution >= 4 is 22.5 Å². The lowest BCUT2D eigenvalue weighted by Crippen LogP contribution is -2.43. The van der Waals surface area contributed by atoms with Gasteiger partial charge in [-0.05, 0) is 37.3 Å². The van der Waals surface area contributed by atoms with E-state index in [0.717, 1.165) is 48.3 Å².